The van der Waals surface area contributed by atoms with E-state index < -0.39 is 40.0 Å². The Bertz CT molecular complexity index is 633. The van der Waals surface area contributed by atoms with Crippen LogP contribution in [0.2, 0.25) is 0 Å². The summed E-state index contributed by atoms with van der Waals surface area (Å²) in [6.07, 6.45) is 0.207. The van der Waals surface area contributed by atoms with Gasteiger partial charge in [-0.25, -0.2) is 0 Å². The van der Waals surface area contributed by atoms with Gasteiger partial charge < -0.3 is 51.6 Å². The minimum Gasteiger partial charge on any atom is -0.399 e. The first kappa shape index (κ1) is 17.6. The number of ketones is 1. The molecule has 1 heterocycles. The van der Waals surface area contributed by atoms with Crippen LogP contribution in [0.25, 0.3) is 0 Å². The third kappa shape index (κ3) is 1.63. The third-order valence-corrected chi connectivity index (χ3v) is 5.77. The largest absolute Gasteiger partial charge is 0.399 e. The zero-order chi connectivity index (χ0) is 18.3. The molecule has 3 rings (SSSR count). The SMILES string of the molecule is NC1=C2C(N)(C(=O)C(N)(N)C(N)(N)C2(N)N)C(N)CC12NCCN2. The van der Waals surface area contributed by atoms with Crippen LogP contribution < -0.4 is 62.2 Å². The molecule has 24 heavy (non-hydrogen) atoms. The highest BCUT2D eigenvalue weighted by Crippen LogP contribution is 2.46. The molecule has 1 aliphatic heterocycles. The summed E-state index contributed by atoms with van der Waals surface area (Å²) >= 11 is 0. The van der Waals surface area contributed by atoms with Gasteiger partial charge in [-0.2, -0.15) is 0 Å². The zero-order valence-electron chi connectivity index (χ0n) is 13.3. The average Bonchev–Trinajstić information content (AvgIpc) is 2.92. The van der Waals surface area contributed by atoms with Crippen LogP contribution in [0, 0.1) is 0 Å². The molecule has 0 radical (unpaired) electrons. The number of nitrogens with one attached hydrogen (secondary N) is 2. The highest BCUT2D eigenvalue weighted by Gasteiger charge is 2.73. The Balaban J connectivity index is 2.35. The predicted octanol–water partition coefficient (Wildman–Crippen LogP) is -7.06. The summed E-state index contributed by atoms with van der Waals surface area (Å²) in [5.74, 6) is -0.857. The van der Waals surface area contributed by atoms with Gasteiger partial charge in [0, 0.05) is 36.8 Å². The van der Waals surface area contributed by atoms with E-state index in [1.165, 1.54) is 0 Å². The topological polar surface area (TPSA) is 275 Å². The fourth-order valence-corrected chi connectivity index (χ4v) is 4.10. The Morgan fingerprint density at radius 2 is 1.42 bits per heavy atom. The molecule has 1 spiro atoms. The van der Waals surface area contributed by atoms with Gasteiger partial charge in [0.15, 0.2) is 11.4 Å². The Hall–Kier alpha value is -1.19. The van der Waals surface area contributed by atoms with Crippen molar-refractivity contribution in [2.75, 3.05) is 13.1 Å². The van der Waals surface area contributed by atoms with Gasteiger partial charge in [0.1, 0.15) is 22.5 Å². The minimum atomic E-state index is -2.30. The Labute approximate surface area is 138 Å². The molecule has 2 unspecified atom stereocenters. The van der Waals surface area contributed by atoms with Crippen molar-refractivity contribution in [3.05, 3.63) is 11.3 Å². The smallest absolute Gasteiger partial charge is 0.196 e. The molecule has 0 aromatic heterocycles. The number of carbonyl (C=O) groups excluding carboxylic acids is 1. The Morgan fingerprint density at radius 3 is 1.92 bits per heavy atom. The van der Waals surface area contributed by atoms with Crippen LogP contribution in [0.4, 0.5) is 0 Å². The first-order valence-electron chi connectivity index (χ1n) is 7.60. The molecular weight excluding hydrogens is 314 g/mol. The van der Waals surface area contributed by atoms with E-state index in [4.69, 9.17) is 51.6 Å². The van der Waals surface area contributed by atoms with E-state index in [9.17, 15) is 4.79 Å². The van der Waals surface area contributed by atoms with Crippen LogP contribution in [0.1, 0.15) is 6.42 Å². The van der Waals surface area contributed by atoms with Crippen LogP contribution in [-0.4, -0.2) is 53.1 Å². The molecule has 12 nitrogen and oxygen atoms in total. The number of rotatable bonds is 0. The van der Waals surface area contributed by atoms with Crippen LogP contribution in [-0.2, 0) is 4.79 Å². The number of hydrogen-bond donors (Lipinski definition) is 11. The monoisotopic (exact) mass is 341 g/mol. The lowest BCUT2D eigenvalue weighted by Gasteiger charge is -2.62. The van der Waals surface area contributed by atoms with Crippen molar-refractivity contribution < 1.29 is 4.79 Å². The number of hydrogen-bond acceptors (Lipinski definition) is 12. The first-order valence-corrected chi connectivity index (χ1v) is 7.60. The van der Waals surface area contributed by atoms with Gasteiger partial charge >= 0.3 is 0 Å². The molecular formula is C12H27N11O. The lowest BCUT2D eigenvalue weighted by Crippen LogP contribution is -3.00. The van der Waals surface area contributed by atoms with Crippen LogP contribution in [0.3, 0.4) is 0 Å². The zero-order valence-corrected chi connectivity index (χ0v) is 13.3. The second kappa shape index (κ2) is 4.50. The number of carbonyl (C=O) groups is 1. The van der Waals surface area contributed by atoms with E-state index in [-0.39, 0.29) is 17.7 Å². The van der Waals surface area contributed by atoms with Crippen molar-refractivity contribution in [3.63, 3.8) is 0 Å². The molecule has 2 aliphatic carbocycles. The number of Topliss-reactive ketones (excluding diaryl/α,β-unsaturated/α-hetero) is 1. The molecule has 1 saturated heterocycles. The maximum absolute atomic E-state index is 13.0. The lowest BCUT2D eigenvalue weighted by molar-refractivity contribution is -0.137. The predicted molar refractivity (Wildman–Crippen MR) is 87.8 cm³/mol. The molecule has 0 bridgehead atoms. The molecule has 1 saturated carbocycles. The Morgan fingerprint density at radius 1 is 0.917 bits per heavy atom. The molecule has 3 aliphatic rings. The lowest BCUT2D eigenvalue weighted by atomic mass is 9.54. The quantitative estimate of drug-likeness (QED) is 0.183. The second-order valence-electron chi connectivity index (χ2n) is 7.16. The van der Waals surface area contributed by atoms with Gasteiger partial charge in [-0.1, -0.05) is 0 Å². The molecule has 0 aromatic rings. The van der Waals surface area contributed by atoms with Crippen molar-refractivity contribution in [1.82, 2.24) is 10.6 Å². The summed E-state index contributed by atoms with van der Waals surface area (Å²) < 4.78 is 0. The van der Waals surface area contributed by atoms with Gasteiger partial charge in [-0.05, 0) is 0 Å². The molecule has 0 amide bonds. The number of fused-ring (bicyclic) bond motifs is 1. The van der Waals surface area contributed by atoms with Crippen molar-refractivity contribution in [1.29, 1.82) is 0 Å². The summed E-state index contributed by atoms with van der Waals surface area (Å²) in [6.45, 7) is 1.25. The summed E-state index contributed by atoms with van der Waals surface area (Å²) in [4.78, 5) is 13.0. The van der Waals surface area contributed by atoms with E-state index in [2.05, 4.69) is 10.6 Å². The summed E-state index contributed by atoms with van der Waals surface area (Å²) in [5.41, 5.74) is 46.0. The van der Waals surface area contributed by atoms with Gasteiger partial charge in [-0.15, -0.1) is 0 Å². The first-order chi connectivity index (χ1) is 10.8. The van der Waals surface area contributed by atoms with Crippen LogP contribution >= 0.6 is 0 Å². The van der Waals surface area contributed by atoms with E-state index in [1.807, 2.05) is 0 Å². The van der Waals surface area contributed by atoms with Crippen LogP contribution in [0.5, 0.6) is 0 Å². The second-order valence-corrected chi connectivity index (χ2v) is 7.16. The molecule has 20 N–H and O–H groups in total. The summed E-state index contributed by atoms with van der Waals surface area (Å²) in [6, 6.07) is -0.917. The van der Waals surface area contributed by atoms with Crippen molar-refractivity contribution in [2.45, 2.75) is 40.7 Å². The maximum atomic E-state index is 13.0. The molecule has 0 aromatic carbocycles. The molecule has 12 heteroatoms. The van der Waals surface area contributed by atoms with E-state index in [0.29, 0.717) is 13.1 Å². The summed E-state index contributed by atoms with van der Waals surface area (Å²) in [7, 11) is 0. The highest BCUT2D eigenvalue weighted by atomic mass is 16.1. The van der Waals surface area contributed by atoms with Crippen LogP contribution in [0.15, 0.2) is 11.3 Å². The van der Waals surface area contributed by atoms with Crippen molar-refractivity contribution in [2.24, 2.45) is 51.6 Å². The maximum Gasteiger partial charge on any atom is 0.196 e. The van der Waals surface area contributed by atoms with Gasteiger partial charge in [0.2, 0.25) is 0 Å². The normalized spacial score (nSPS) is 39.2. The van der Waals surface area contributed by atoms with Crippen molar-refractivity contribution in [3.8, 4) is 0 Å². The van der Waals surface area contributed by atoms with E-state index >= 15 is 0 Å². The summed E-state index contributed by atoms with van der Waals surface area (Å²) in [5, 5.41) is 6.41. The Kier molecular flexibility index (Phi) is 3.31. The molecule has 136 valence electrons. The number of nitrogens with two attached hydrogens (primary N) is 9. The standard InChI is InChI=1S/C12H27N11O/c13-4-3-8(22-1-2-23-8)6(14)5-9(4,15)7(24)11(18,19)12(20,21)10(5,16)17/h4,22-23H,1-3,13-21H2. The minimum absolute atomic E-state index is 0.0443. The fraction of sp³-hybridized carbons (Fsp3) is 0.750. The third-order valence-electron chi connectivity index (χ3n) is 5.77. The van der Waals surface area contributed by atoms with Gasteiger partial charge in [0.05, 0.1) is 0 Å². The average molecular weight is 341 g/mol. The van der Waals surface area contributed by atoms with Gasteiger partial charge in [-0.3, -0.25) is 15.4 Å². The van der Waals surface area contributed by atoms with Gasteiger partial charge in [0.25, 0.3) is 0 Å². The van der Waals surface area contributed by atoms with E-state index in [1.54, 1.807) is 0 Å². The van der Waals surface area contributed by atoms with E-state index in [0.717, 1.165) is 0 Å². The fourth-order valence-electron chi connectivity index (χ4n) is 4.10. The molecule has 2 atom stereocenters. The molecule has 2 fully saturated rings. The highest BCUT2D eigenvalue weighted by molar-refractivity contribution is 6.04. The van der Waals surface area contributed by atoms with Crippen molar-refractivity contribution >= 4 is 5.78 Å².